The molecule has 2 rings (SSSR count). The van der Waals surface area contributed by atoms with Crippen LogP contribution in [0.4, 0.5) is 5.69 Å². The number of hydrogen-bond donors (Lipinski definition) is 1. The fourth-order valence-corrected chi connectivity index (χ4v) is 2.37. The number of ether oxygens (including phenoxy) is 1. The van der Waals surface area contributed by atoms with Crippen LogP contribution < -0.4 is 5.32 Å². The van der Waals surface area contributed by atoms with Crippen LogP contribution in [0.2, 0.25) is 0 Å². The van der Waals surface area contributed by atoms with E-state index in [1.165, 1.54) is 19.3 Å². The van der Waals surface area contributed by atoms with Gasteiger partial charge in [-0.3, -0.25) is 0 Å². The summed E-state index contributed by atoms with van der Waals surface area (Å²) in [6.45, 7) is 0. The lowest BCUT2D eigenvalue weighted by molar-refractivity contribution is 0.0669. The predicted octanol–water partition coefficient (Wildman–Crippen LogP) is 2.93. The maximum Gasteiger partial charge on any atom is 0.0991 e. The van der Waals surface area contributed by atoms with Crippen LogP contribution in [-0.4, -0.2) is 19.3 Å². The Bertz CT molecular complexity index is 394. The first-order valence-electron chi connectivity index (χ1n) is 6.11. The monoisotopic (exact) mass is 230 g/mol. The minimum atomic E-state index is 0.389. The van der Waals surface area contributed by atoms with Crippen molar-refractivity contribution < 1.29 is 4.74 Å². The van der Waals surface area contributed by atoms with Gasteiger partial charge >= 0.3 is 0 Å². The smallest absolute Gasteiger partial charge is 0.0991 e. The summed E-state index contributed by atoms with van der Waals surface area (Å²) in [5.74, 6) is 0. The quantitative estimate of drug-likeness (QED) is 0.868. The van der Waals surface area contributed by atoms with E-state index in [1.54, 1.807) is 7.11 Å². The molecule has 0 aliphatic heterocycles. The van der Waals surface area contributed by atoms with Crippen molar-refractivity contribution in [2.45, 2.75) is 37.8 Å². The zero-order chi connectivity index (χ0) is 12.1. The fourth-order valence-electron chi connectivity index (χ4n) is 2.37. The number of methoxy groups -OCH3 is 1. The highest BCUT2D eigenvalue weighted by atomic mass is 16.5. The number of nitrogens with zero attached hydrogens (tertiary/aromatic N) is 1. The van der Waals surface area contributed by atoms with Gasteiger partial charge in [0.1, 0.15) is 0 Å². The average Bonchev–Trinajstić information content (AvgIpc) is 2.40. The molecule has 1 aromatic carbocycles. The molecule has 3 nitrogen and oxygen atoms in total. The molecular formula is C14H18N2O. The zero-order valence-corrected chi connectivity index (χ0v) is 10.1. The van der Waals surface area contributed by atoms with Crippen molar-refractivity contribution in [3.8, 4) is 6.07 Å². The lowest BCUT2D eigenvalue weighted by Gasteiger charge is -2.29. The molecule has 1 saturated carbocycles. The lowest BCUT2D eigenvalue weighted by atomic mass is 9.92. The molecule has 0 saturated heterocycles. The molecule has 0 spiro atoms. The lowest BCUT2D eigenvalue weighted by Crippen LogP contribution is -2.30. The molecular weight excluding hydrogens is 212 g/mol. The van der Waals surface area contributed by atoms with E-state index in [0.717, 1.165) is 12.1 Å². The summed E-state index contributed by atoms with van der Waals surface area (Å²) in [6, 6.07) is 10.2. The Morgan fingerprint density at radius 3 is 2.71 bits per heavy atom. The van der Waals surface area contributed by atoms with Crippen molar-refractivity contribution >= 4 is 5.69 Å². The summed E-state index contributed by atoms with van der Waals surface area (Å²) in [7, 11) is 1.79. The Labute approximate surface area is 102 Å². The van der Waals surface area contributed by atoms with E-state index in [0.29, 0.717) is 17.7 Å². The van der Waals surface area contributed by atoms with E-state index < -0.39 is 0 Å². The molecule has 1 aromatic rings. The van der Waals surface area contributed by atoms with E-state index in [-0.39, 0.29) is 0 Å². The molecule has 1 aliphatic rings. The number of hydrogen-bond acceptors (Lipinski definition) is 3. The molecule has 17 heavy (non-hydrogen) atoms. The summed E-state index contributed by atoms with van der Waals surface area (Å²) in [5.41, 5.74) is 1.79. The van der Waals surface area contributed by atoms with Gasteiger partial charge in [-0.2, -0.15) is 5.26 Å². The van der Waals surface area contributed by atoms with Gasteiger partial charge in [0.2, 0.25) is 0 Å². The van der Waals surface area contributed by atoms with Crippen molar-refractivity contribution in [2.24, 2.45) is 0 Å². The topological polar surface area (TPSA) is 45.0 Å². The second-order valence-electron chi connectivity index (χ2n) is 4.55. The van der Waals surface area contributed by atoms with Crippen molar-refractivity contribution in [3.63, 3.8) is 0 Å². The molecule has 0 aromatic heterocycles. The van der Waals surface area contributed by atoms with Crippen LogP contribution in [0.25, 0.3) is 0 Å². The Balaban J connectivity index is 1.93. The van der Waals surface area contributed by atoms with Crippen molar-refractivity contribution in [1.82, 2.24) is 0 Å². The summed E-state index contributed by atoms with van der Waals surface area (Å²) in [6.07, 6.45) is 5.03. The van der Waals surface area contributed by atoms with Crippen LogP contribution >= 0.6 is 0 Å². The largest absolute Gasteiger partial charge is 0.382 e. The first-order valence-corrected chi connectivity index (χ1v) is 6.11. The Morgan fingerprint density at radius 2 is 2.06 bits per heavy atom. The van der Waals surface area contributed by atoms with Gasteiger partial charge in [-0.05, 0) is 49.9 Å². The summed E-state index contributed by atoms with van der Waals surface area (Å²) in [5, 5.41) is 12.2. The standard InChI is InChI=1S/C14H18N2O/c1-17-14-4-2-3-13(9-14)16-12-7-5-11(10-15)6-8-12/h5-8,13-14,16H,2-4,9H2,1H3. The molecule has 0 heterocycles. The van der Waals surface area contributed by atoms with Gasteiger partial charge in [0.25, 0.3) is 0 Å². The van der Waals surface area contributed by atoms with Gasteiger partial charge in [0, 0.05) is 18.8 Å². The van der Waals surface area contributed by atoms with Gasteiger partial charge in [0.05, 0.1) is 17.7 Å². The van der Waals surface area contributed by atoms with E-state index in [9.17, 15) is 0 Å². The Morgan fingerprint density at radius 1 is 1.29 bits per heavy atom. The molecule has 2 unspecified atom stereocenters. The number of anilines is 1. The fraction of sp³-hybridized carbons (Fsp3) is 0.500. The van der Waals surface area contributed by atoms with E-state index in [4.69, 9.17) is 10.00 Å². The molecule has 2 atom stereocenters. The molecule has 0 bridgehead atoms. The van der Waals surface area contributed by atoms with Gasteiger partial charge in [-0.1, -0.05) is 0 Å². The maximum absolute atomic E-state index is 8.73. The molecule has 1 aliphatic carbocycles. The third-order valence-electron chi connectivity index (χ3n) is 3.34. The highest BCUT2D eigenvalue weighted by molar-refractivity contribution is 5.47. The molecule has 1 fully saturated rings. The molecule has 3 heteroatoms. The molecule has 0 amide bonds. The third-order valence-corrected chi connectivity index (χ3v) is 3.34. The normalized spacial score (nSPS) is 24.0. The minimum absolute atomic E-state index is 0.389. The second kappa shape index (κ2) is 5.70. The number of rotatable bonds is 3. The van der Waals surface area contributed by atoms with Crippen LogP contribution in [0, 0.1) is 11.3 Å². The predicted molar refractivity (Wildman–Crippen MR) is 67.8 cm³/mol. The van der Waals surface area contributed by atoms with Crippen molar-refractivity contribution in [1.29, 1.82) is 5.26 Å². The molecule has 1 N–H and O–H groups in total. The van der Waals surface area contributed by atoms with Crippen molar-refractivity contribution in [2.75, 3.05) is 12.4 Å². The Kier molecular flexibility index (Phi) is 4.00. The van der Waals surface area contributed by atoms with Gasteiger partial charge in [0.15, 0.2) is 0 Å². The van der Waals surface area contributed by atoms with Gasteiger partial charge < -0.3 is 10.1 Å². The summed E-state index contributed by atoms with van der Waals surface area (Å²) in [4.78, 5) is 0. The molecule has 0 radical (unpaired) electrons. The zero-order valence-electron chi connectivity index (χ0n) is 10.1. The summed E-state index contributed by atoms with van der Waals surface area (Å²) >= 11 is 0. The van der Waals surface area contributed by atoms with E-state index in [1.807, 2.05) is 24.3 Å². The van der Waals surface area contributed by atoms with Crippen molar-refractivity contribution in [3.05, 3.63) is 29.8 Å². The van der Waals surface area contributed by atoms with Crippen LogP contribution in [0.5, 0.6) is 0 Å². The number of nitrogens with one attached hydrogen (secondary N) is 1. The van der Waals surface area contributed by atoms with Gasteiger partial charge in [-0.15, -0.1) is 0 Å². The Hall–Kier alpha value is -1.53. The summed E-state index contributed by atoms with van der Waals surface area (Å²) < 4.78 is 5.41. The van der Waals surface area contributed by atoms with Crippen LogP contribution in [0.15, 0.2) is 24.3 Å². The van der Waals surface area contributed by atoms with E-state index >= 15 is 0 Å². The van der Waals surface area contributed by atoms with Crippen LogP contribution in [-0.2, 0) is 4.74 Å². The third kappa shape index (κ3) is 3.21. The first-order chi connectivity index (χ1) is 8.31. The maximum atomic E-state index is 8.73. The minimum Gasteiger partial charge on any atom is -0.382 e. The number of benzene rings is 1. The van der Waals surface area contributed by atoms with Crippen LogP contribution in [0.3, 0.4) is 0 Å². The SMILES string of the molecule is COC1CCCC(Nc2ccc(C#N)cc2)C1. The first kappa shape index (κ1) is 11.9. The second-order valence-corrected chi connectivity index (χ2v) is 4.55. The highest BCUT2D eigenvalue weighted by Crippen LogP contribution is 2.23. The average molecular weight is 230 g/mol. The van der Waals surface area contributed by atoms with Crippen LogP contribution in [0.1, 0.15) is 31.2 Å². The van der Waals surface area contributed by atoms with Gasteiger partial charge in [-0.25, -0.2) is 0 Å². The molecule has 90 valence electrons. The van der Waals surface area contributed by atoms with E-state index in [2.05, 4.69) is 11.4 Å². The number of nitriles is 1. The highest BCUT2D eigenvalue weighted by Gasteiger charge is 2.21.